The minimum atomic E-state index is -0.387. The molecule has 1 heterocycles. The number of imide groups is 1. The fourth-order valence-electron chi connectivity index (χ4n) is 2.10. The maximum absolute atomic E-state index is 12.4. The summed E-state index contributed by atoms with van der Waals surface area (Å²) in [5.74, 6) is -0.775. The largest absolute Gasteiger partial charge is 0.268 e. The molecule has 3 rings (SSSR count). The van der Waals surface area contributed by atoms with E-state index in [1.807, 2.05) is 0 Å². The Kier molecular flexibility index (Phi) is 3.32. The van der Waals surface area contributed by atoms with Gasteiger partial charge >= 0.3 is 0 Å². The van der Waals surface area contributed by atoms with E-state index in [9.17, 15) is 9.59 Å². The number of carbonyl (C=O) groups is 2. The summed E-state index contributed by atoms with van der Waals surface area (Å²) in [5, 5.41) is 0.641. The van der Waals surface area contributed by atoms with Gasteiger partial charge in [-0.05, 0) is 40.2 Å². The van der Waals surface area contributed by atoms with Gasteiger partial charge in [-0.2, -0.15) is 0 Å². The highest BCUT2D eigenvalue weighted by molar-refractivity contribution is 9.10. The predicted molar refractivity (Wildman–Crippen MR) is 81.7 cm³/mol. The lowest BCUT2D eigenvalue weighted by molar-refractivity contribution is 0.0926. The van der Waals surface area contributed by atoms with Gasteiger partial charge in [0.05, 0.1) is 31.3 Å². The average Bonchev–Trinajstić information content (AvgIpc) is 2.70. The van der Waals surface area contributed by atoms with Crippen LogP contribution in [0, 0.1) is 0 Å². The molecule has 1 aliphatic rings. The Morgan fingerprint density at radius 3 is 2.00 bits per heavy atom. The summed E-state index contributed by atoms with van der Waals surface area (Å²) in [4.78, 5) is 25.8. The van der Waals surface area contributed by atoms with Crippen LogP contribution in [0.4, 0.5) is 5.69 Å². The second kappa shape index (κ2) is 4.88. The van der Waals surface area contributed by atoms with Gasteiger partial charge < -0.3 is 0 Å². The number of benzene rings is 2. The molecule has 6 heteroatoms. The highest BCUT2D eigenvalue weighted by Gasteiger charge is 2.37. The molecule has 100 valence electrons. The minimum Gasteiger partial charge on any atom is -0.268 e. The Hall–Kier alpha value is -1.36. The average molecular weight is 371 g/mol. The van der Waals surface area contributed by atoms with Crippen molar-refractivity contribution < 1.29 is 9.59 Å². The first-order valence-corrected chi connectivity index (χ1v) is 7.18. The molecule has 0 spiro atoms. The van der Waals surface area contributed by atoms with E-state index in [0.29, 0.717) is 26.3 Å². The lowest BCUT2D eigenvalue weighted by atomic mass is 10.1. The van der Waals surface area contributed by atoms with Crippen LogP contribution in [-0.2, 0) is 0 Å². The molecule has 0 aliphatic carbocycles. The predicted octanol–water partition coefficient (Wildman–Crippen LogP) is 4.56. The second-order valence-corrected chi connectivity index (χ2v) is 5.76. The van der Waals surface area contributed by atoms with Crippen LogP contribution in [0.25, 0.3) is 0 Å². The molecule has 20 heavy (non-hydrogen) atoms. The lowest BCUT2D eigenvalue weighted by Gasteiger charge is -2.16. The van der Waals surface area contributed by atoms with Gasteiger partial charge in [0.25, 0.3) is 11.8 Å². The zero-order valence-electron chi connectivity index (χ0n) is 9.86. The molecule has 0 aromatic heterocycles. The van der Waals surface area contributed by atoms with Crippen molar-refractivity contribution in [2.45, 2.75) is 0 Å². The number of nitrogens with zero attached hydrogens (tertiary/aromatic N) is 1. The van der Waals surface area contributed by atoms with Gasteiger partial charge in [0, 0.05) is 0 Å². The Labute approximate surface area is 133 Å². The summed E-state index contributed by atoms with van der Waals surface area (Å²) in [5.41, 5.74) is 1.06. The highest BCUT2D eigenvalue weighted by Crippen LogP contribution is 2.40. The summed E-state index contributed by atoms with van der Waals surface area (Å²) >= 11 is 15.3. The summed E-state index contributed by atoms with van der Waals surface area (Å²) < 4.78 is 0.454. The van der Waals surface area contributed by atoms with E-state index in [4.69, 9.17) is 23.2 Å². The third kappa shape index (κ3) is 1.87. The molecule has 0 N–H and O–H groups in total. The molecule has 0 saturated carbocycles. The van der Waals surface area contributed by atoms with Crippen molar-refractivity contribution in [2.75, 3.05) is 4.90 Å². The first kappa shape index (κ1) is 13.6. The molecule has 0 radical (unpaired) electrons. The van der Waals surface area contributed by atoms with Gasteiger partial charge in [-0.25, -0.2) is 4.90 Å². The summed E-state index contributed by atoms with van der Waals surface area (Å²) in [6.45, 7) is 0. The Bertz CT molecular complexity index is 726. The number of fused-ring (bicyclic) bond motifs is 1. The van der Waals surface area contributed by atoms with Crippen molar-refractivity contribution in [2.24, 2.45) is 0 Å². The molecule has 0 atom stereocenters. The third-order valence-corrected chi connectivity index (χ3v) is 5.03. The Morgan fingerprint density at radius 2 is 1.45 bits per heavy atom. The van der Waals surface area contributed by atoms with E-state index in [1.165, 1.54) is 0 Å². The second-order valence-electron chi connectivity index (χ2n) is 4.19. The van der Waals surface area contributed by atoms with Crippen LogP contribution in [0.3, 0.4) is 0 Å². The van der Waals surface area contributed by atoms with Gasteiger partial charge in [0.2, 0.25) is 0 Å². The SMILES string of the molecule is O=C1c2ccccc2C(=O)N1c1ccc(Cl)c(Br)c1Cl. The van der Waals surface area contributed by atoms with Crippen molar-refractivity contribution in [3.63, 3.8) is 0 Å². The smallest absolute Gasteiger partial charge is 0.266 e. The van der Waals surface area contributed by atoms with E-state index >= 15 is 0 Å². The fraction of sp³-hybridized carbons (Fsp3) is 0. The Balaban J connectivity index is 2.17. The molecule has 3 nitrogen and oxygen atoms in total. The number of anilines is 1. The lowest BCUT2D eigenvalue weighted by Crippen LogP contribution is -2.29. The topological polar surface area (TPSA) is 37.4 Å². The van der Waals surface area contributed by atoms with E-state index in [1.54, 1.807) is 36.4 Å². The quantitative estimate of drug-likeness (QED) is 0.545. The fourth-order valence-corrected chi connectivity index (χ4v) is 2.89. The van der Waals surface area contributed by atoms with Crippen LogP contribution in [0.1, 0.15) is 20.7 Å². The first-order valence-electron chi connectivity index (χ1n) is 5.63. The molecule has 1 aliphatic heterocycles. The summed E-state index contributed by atoms with van der Waals surface area (Å²) in [7, 11) is 0. The number of rotatable bonds is 1. The van der Waals surface area contributed by atoms with Gasteiger partial charge in [-0.3, -0.25) is 9.59 Å². The van der Waals surface area contributed by atoms with Crippen molar-refractivity contribution in [3.8, 4) is 0 Å². The zero-order valence-corrected chi connectivity index (χ0v) is 13.0. The van der Waals surface area contributed by atoms with E-state index < -0.39 is 0 Å². The van der Waals surface area contributed by atoms with Crippen LogP contribution < -0.4 is 4.90 Å². The molecule has 2 aromatic rings. The van der Waals surface area contributed by atoms with E-state index in [-0.39, 0.29) is 16.8 Å². The maximum Gasteiger partial charge on any atom is 0.266 e. The van der Waals surface area contributed by atoms with Crippen LogP contribution >= 0.6 is 39.1 Å². The van der Waals surface area contributed by atoms with Crippen molar-refractivity contribution in [3.05, 3.63) is 62.0 Å². The van der Waals surface area contributed by atoms with Crippen LogP contribution in [0.5, 0.6) is 0 Å². The number of halogens is 3. The van der Waals surface area contributed by atoms with Gasteiger partial charge in [-0.15, -0.1) is 0 Å². The number of carbonyl (C=O) groups excluding carboxylic acids is 2. The molecule has 0 bridgehead atoms. The highest BCUT2D eigenvalue weighted by atomic mass is 79.9. The molecular formula is C14H6BrCl2NO2. The van der Waals surface area contributed by atoms with Crippen LogP contribution in [-0.4, -0.2) is 11.8 Å². The zero-order chi connectivity index (χ0) is 14.4. The molecule has 0 fully saturated rings. The molecule has 2 aromatic carbocycles. The monoisotopic (exact) mass is 369 g/mol. The van der Waals surface area contributed by atoms with Gasteiger partial charge in [0.15, 0.2) is 0 Å². The van der Waals surface area contributed by atoms with E-state index in [0.717, 1.165) is 4.90 Å². The van der Waals surface area contributed by atoms with Crippen LogP contribution in [0.2, 0.25) is 10.0 Å². The number of hydrogen-bond donors (Lipinski definition) is 0. The summed E-state index contributed by atoms with van der Waals surface area (Å²) in [6, 6.07) is 9.80. The van der Waals surface area contributed by atoms with Gasteiger partial charge in [0.1, 0.15) is 0 Å². The van der Waals surface area contributed by atoms with Crippen molar-refractivity contribution >= 4 is 56.6 Å². The molecule has 0 saturated heterocycles. The van der Waals surface area contributed by atoms with E-state index in [2.05, 4.69) is 15.9 Å². The number of hydrogen-bond acceptors (Lipinski definition) is 2. The summed E-state index contributed by atoms with van der Waals surface area (Å²) in [6.07, 6.45) is 0. The van der Waals surface area contributed by atoms with Crippen molar-refractivity contribution in [1.29, 1.82) is 0 Å². The molecular weight excluding hydrogens is 365 g/mol. The molecule has 0 unspecified atom stereocenters. The normalized spacial score (nSPS) is 13.8. The standard InChI is InChI=1S/C14H6BrCl2NO2/c15-11-9(16)5-6-10(12(11)17)18-13(19)7-3-1-2-4-8(7)14(18)20/h1-6H. The minimum absolute atomic E-state index is 0.229. The molecule has 2 amide bonds. The van der Waals surface area contributed by atoms with Crippen LogP contribution in [0.15, 0.2) is 40.9 Å². The Morgan fingerprint density at radius 1 is 0.900 bits per heavy atom. The maximum atomic E-state index is 12.4. The van der Waals surface area contributed by atoms with Crippen molar-refractivity contribution in [1.82, 2.24) is 0 Å². The third-order valence-electron chi connectivity index (χ3n) is 3.05. The van der Waals surface area contributed by atoms with Gasteiger partial charge in [-0.1, -0.05) is 35.3 Å². The number of amides is 2. The first-order chi connectivity index (χ1) is 9.52.